The van der Waals surface area contributed by atoms with Gasteiger partial charge in [0.2, 0.25) is 0 Å². The molecule has 23 heavy (non-hydrogen) atoms. The van der Waals surface area contributed by atoms with Crippen molar-refractivity contribution in [2.75, 3.05) is 13.7 Å². The maximum atomic E-state index is 11.6. The van der Waals surface area contributed by atoms with E-state index in [4.69, 9.17) is 10.5 Å². The predicted molar refractivity (Wildman–Crippen MR) is 83.6 cm³/mol. The van der Waals surface area contributed by atoms with E-state index < -0.39 is 12.0 Å². The summed E-state index contributed by atoms with van der Waals surface area (Å²) in [6.07, 6.45) is 2.60. The zero-order valence-electron chi connectivity index (χ0n) is 13.2. The molecule has 0 atom stereocenters. The third-order valence-electron chi connectivity index (χ3n) is 3.13. The first-order chi connectivity index (χ1) is 11.0. The van der Waals surface area contributed by atoms with Crippen LogP contribution in [0.3, 0.4) is 0 Å². The fourth-order valence-electron chi connectivity index (χ4n) is 1.87. The summed E-state index contributed by atoms with van der Waals surface area (Å²) in [6, 6.07) is 6.15. The van der Waals surface area contributed by atoms with Gasteiger partial charge >= 0.3 is 18.0 Å². The highest BCUT2D eigenvalue weighted by molar-refractivity contribution is 5.89. The second-order valence-electron chi connectivity index (χ2n) is 4.95. The van der Waals surface area contributed by atoms with Crippen LogP contribution in [0.1, 0.15) is 41.6 Å². The monoisotopic (exact) mass is 322 g/mol. The van der Waals surface area contributed by atoms with E-state index in [9.17, 15) is 14.4 Å². The lowest BCUT2D eigenvalue weighted by Crippen LogP contribution is -2.29. The molecule has 126 valence electrons. The van der Waals surface area contributed by atoms with Gasteiger partial charge in [-0.25, -0.2) is 9.59 Å². The second-order valence-corrected chi connectivity index (χ2v) is 4.95. The average molecular weight is 322 g/mol. The first-order valence-corrected chi connectivity index (χ1v) is 7.39. The molecule has 0 fully saturated rings. The summed E-state index contributed by atoms with van der Waals surface area (Å²) >= 11 is 0. The van der Waals surface area contributed by atoms with Gasteiger partial charge in [0.05, 0.1) is 12.7 Å². The van der Waals surface area contributed by atoms with Crippen LogP contribution in [-0.2, 0) is 20.9 Å². The Morgan fingerprint density at radius 3 is 2.39 bits per heavy atom. The van der Waals surface area contributed by atoms with Crippen LogP contribution in [0.15, 0.2) is 24.3 Å². The van der Waals surface area contributed by atoms with E-state index in [1.54, 1.807) is 24.3 Å². The Labute approximate surface area is 135 Å². The molecular weight excluding hydrogens is 300 g/mol. The van der Waals surface area contributed by atoms with E-state index in [0.29, 0.717) is 24.9 Å². The van der Waals surface area contributed by atoms with Gasteiger partial charge in [-0.05, 0) is 30.5 Å². The Morgan fingerprint density at radius 1 is 1.09 bits per heavy atom. The summed E-state index contributed by atoms with van der Waals surface area (Å²) in [5, 5.41) is 2.49. The van der Waals surface area contributed by atoms with Gasteiger partial charge in [0, 0.05) is 13.0 Å². The molecule has 0 aromatic heterocycles. The molecule has 0 aliphatic carbocycles. The van der Waals surface area contributed by atoms with Crippen molar-refractivity contribution >= 4 is 18.0 Å². The number of hydrogen-bond donors (Lipinski definition) is 2. The number of primary amides is 1. The molecule has 0 aliphatic heterocycles. The molecule has 0 unspecified atom stereocenters. The van der Waals surface area contributed by atoms with Crippen LogP contribution in [0.4, 0.5) is 4.79 Å². The van der Waals surface area contributed by atoms with Crippen molar-refractivity contribution in [3.05, 3.63) is 35.4 Å². The summed E-state index contributed by atoms with van der Waals surface area (Å²) in [6.45, 7) is 0.681. The molecule has 3 N–H and O–H groups in total. The number of benzene rings is 1. The number of amides is 2. The summed E-state index contributed by atoms with van der Waals surface area (Å²) in [4.78, 5) is 33.3. The topological polar surface area (TPSA) is 108 Å². The van der Waals surface area contributed by atoms with Gasteiger partial charge in [0.15, 0.2) is 0 Å². The van der Waals surface area contributed by atoms with Crippen LogP contribution < -0.4 is 11.1 Å². The van der Waals surface area contributed by atoms with Gasteiger partial charge in [-0.15, -0.1) is 0 Å². The number of carbonyl (C=O) groups is 3. The van der Waals surface area contributed by atoms with E-state index in [0.717, 1.165) is 18.4 Å². The Morgan fingerprint density at radius 2 is 1.78 bits per heavy atom. The van der Waals surface area contributed by atoms with Crippen molar-refractivity contribution < 1.29 is 23.9 Å². The molecule has 0 radical (unpaired) electrons. The highest BCUT2D eigenvalue weighted by Gasteiger charge is 2.06. The zero-order valence-corrected chi connectivity index (χ0v) is 13.2. The van der Waals surface area contributed by atoms with E-state index in [2.05, 4.69) is 10.1 Å². The van der Waals surface area contributed by atoms with Crippen LogP contribution in [0.25, 0.3) is 0 Å². The second kappa shape index (κ2) is 10.2. The maximum Gasteiger partial charge on any atom is 0.337 e. The molecular formula is C16H22N2O5. The van der Waals surface area contributed by atoms with Crippen LogP contribution in [0, 0.1) is 0 Å². The molecule has 1 rings (SSSR count). The van der Waals surface area contributed by atoms with Crippen molar-refractivity contribution in [2.24, 2.45) is 5.73 Å². The SMILES string of the molecule is COC(=O)c1ccc(COC(=O)CCCCCNC(N)=O)cc1. The summed E-state index contributed by atoms with van der Waals surface area (Å²) in [7, 11) is 1.32. The molecule has 0 spiro atoms. The van der Waals surface area contributed by atoms with E-state index in [1.165, 1.54) is 7.11 Å². The molecule has 1 aromatic carbocycles. The van der Waals surface area contributed by atoms with Gasteiger partial charge in [-0.2, -0.15) is 0 Å². The standard InChI is InChI=1S/C16H22N2O5/c1-22-15(20)13-8-6-12(7-9-13)11-23-14(19)5-3-2-4-10-18-16(17)21/h6-9H,2-5,10-11H2,1H3,(H3,17,18,21). The molecule has 2 amide bonds. The molecule has 7 heteroatoms. The van der Waals surface area contributed by atoms with Crippen molar-refractivity contribution in [1.82, 2.24) is 5.32 Å². The van der Waals surface area contributed by atoms with Crippen LogP contribution in [0.5, 0.6) is 0 Å². The number of carbonyl (C=O) groups excluding carboxylic acids is 3. The third kappa shape index (κ3) is 7.85. The average Bonchev–Trinajstić information content (AvgIpc) is 2.55. The van der Waals surface area contributed by atoms with Crippen LogP contribution in [0.2, 0.25) is 0 Å². The quantitative estimate of drug-likeness (QED) is 0.532. The minimum atomic E-state index is -0.539. The number of ether oxygens (including phenoxy) is 2. The van der Waals surface area contributed by atoms with E-state index in [-0.39, 0.29) is 12.6 Å². The number of hydrogen-bond acceptors (Lipinski definition) is 5. The Hall–Kier alpha value is -2.57. The zero-order chi connectivity index (χ0) is 17.1. The number of nitrogens with two attached hydrogens (primary N) is 1. The molecule has 0 bridgehead atoms. The maximum absolute atomic E-state index is 11.6. The van der Waals surface area contributed by atoms with Gasteiger partial charge in [-0.1, -0.05) is 18.6 Å². The number of esters is 2. The minimum Gasteiger partial charge on any atom is -0.465 e. The van der Waals surface area contributed by atoms with Crippen LogP contribution >= 0.6 is 0 Å². The van der Waals surface area contributed by atoms with Crippen molar-refractivity contribution in [3.8, 4) is 0 Å². The minimum absolute atomic E-state index is 0.170. The molecule has 0 saturated heterocycles. The molecule has 0 aliphatic rings. The predicted octanol–water partition coefficient (Wildman–Crippen LogP) is 1.75. The molecule has 0 heterocycles. The number of urea groups is 1. The molecule has 1 aromatic rings. The van der Waals surface area contributed by atoms with E-state index >= 15 is 0 Å². The first kappa shape index (κ1) is 18.5. The summed E-state index contributed by atoms with van der Waals surface area (Å²) in [5.41, 5.74) is 6.19. The Bertz CT molecular complexity index is 528. The smallest absolute Gasteiger partial charge is 0.337 e. The molecule has 0 saturated carbocycles. The molecule has 7 nitrogen and oxygen atoms in total. The van der Waals surface area contributed by atoms with Gasteiger partial charge in [0.1, 0.15) is 6.61 Å². The Kier molecular flexibility index (Phi) is 8.20. The number of methoxy groups -OCH3 is 1. The highest BCUT2D eigenvalue weighted by atomic mass is 16.5. The lowest BCUT2D eigenvalue weighted by atomic mass is 10.1. The fraction of sp³-hybridized carbons (Fsp3) is 0.438. The number of rotatable bonds is 9. The van der Waals surface area contributed by atoms with Crippen molar-refractivity contribution in [2.45, 2.75) is 32.3 Å². The number of nitrogens with one attached hydrogen (secondary N) is 1. The first-order valence-electron chi connectivity index (χ1n) is 7.39. The van der Waals surface area contributed by atoms with E-state index in [1.807, 2.05) is 0 Å². The largest absolute Gasteiger partial charge is 0.465 e. The van der Waals surface area contributed by atoms with Gasteiger partial charge < -0.3 is 20.5 Å². The lowest BCUT2D eigenvalue weighted by molar-refractivity contribution is -0.145. The fourth-order valence-corrected chi connectivity index (χ4v) is 1.87. The van der Waals surface area contributed by atoms with Crippen molar-refractivity contribution in [1.29, 1.82) is 0 Å². The Balaban J connectivity index is 2.18. The number of unbranched alkanes of at least 4 members (excludes halogenated alkanes) is 2. The van der Waals surface area contributed by atoms with Crippen LogP contribution in [-0.4, -0.2) is 31.6 Å². The summed E-state index contributed by atoms with van der Waals surface area (Å²) < 4.78 is 9.76. The summed E-state index contributed by atoms with van der Waals surface area (Å²) in [5.74, 6) is -0.677. The van der Waals surface area contributed by atoms with Gasteiger partial charge in [0.25, 0.3) is 0 Å². The van der Waals surface area contributed by atoms with Gasteiger partial charge in [-0.3, -0.25) is 4.79 Å². The van der Waals surface area contributed by atoms with Crippen molar-refractivity contribution in [3.63, 3.8) is 0 Å². The normalized spacial score (nSPS) is 9.96. The third-order valence-corrected chi connectivity index (χ3v) is 3.13. The lowest BCUT2D eigenvalue weighted by Gasteiger charge is -2.06. The highest BCUT2D eigenvalue weighted by Crippen LogP contribution is 2.08.